The second-order valence-electron chi connectivity index (χ2n) is 3.90. The highest BCUT2D eigenvalue weighted by Crippen LogP contribution is 2.31. The first-order valence-electron chi connectivity index (χ1n) is 5.95. The molecule has 0 saturated carbocycles. The van der Waals surface area contributed by atoms with Crippen LogP contribution < -0.4 is 10.6 Å². The fraction of sp³-hybridized carbons (Fsp3) is 0.333. The van der Waals surface area contributed by atoms with E-state index >= 15 is 0 Å². The van der Waals surface area contributed by atoms with E-state index in [4.69, 9.17) is 27.6 Å². The highest BCUT2D eigenvalue weighted by molar-refractivity contribution is 6.43. The Hall–Kier alpha value is -1.30. The number of nitrogens with one attached hydrogen (secondary N) is 2. The summed E-state index contributed by atoms with van der Waals surface area (Å²) in [6, 6.07) is 5.57. The average Bonchev–Trinajstić information content (AvgIpc) is 2.83. The minimum atomic E-state index is 0.289. The van der Waals surface area contributed by atoms with Gasteiger partial charge < -0.3 is 15.1 Å². The van der Waals surface area contributed by atoms with Crippen molar-refractivity contribution in [1.29, 1.82) is 0 Å². The Morgan fingerprint density at radius 1 is 1.26 bits per heavy atom. The molecule has 7 heteroatoms. The molecule has 1 aromatic carbocycles. The predicted octanol–water partition coefficient (Wildman–Crippen LogP) is 3.62. The normalized spacial score (nSPS) is 10.7. The van der Waals surface area contributed by atoms with E-state index in [1.165, 1.54) is 0 Å². The maximum absolute atomic E-state index is 6.06. The number of rotatable bonds is 6. The van der Waals surface area contributed by atoms with Gasteiger partial charge in [-0.05, 0) is 25.1 Å². The van der Waals surface area contributed by atoms with Crippen molar-refractivity contribution in [3.8, 4) is 0 Å². The third kappa shape index (κ3) is 3.83. The summed E-state index contributed by atoms with van der Waals surface area (Å²) in [6.07, 6.45) is 1.05. The highest BCUT2D eigenvalue weighted by Gasteiger charge is 2.09. The number of anilines is 2. The summed E-state index contributed by atoms with van der Waals surface area (Å²) in [4.78, 5) is 0. The van der Waals surface area contributed by atoms with Crippen molar-refractivity contribution in [1.82, 2.24) is 15.5 Å². The van der Waals surface area contributed by atoms with Crippen molar-refractivity contribution in [2.75, 3.05) is 11.9 Å². The van der Waals surface area contributed by atoms with E-state index in [0.717, 1.165) is 13.0 Å². The molecule has 0 unspecified atom stereocenters. The van der Waals surface area contributed by atoms with Gasteiger partial charge in [-0.25, -0.2) is 0 Å². The molecule has 1 aromatic heterocycles. The van der Waals surface area contributed by atoms with Gasteiger partial charge in [0.15, 0.2) is 0 Å². The molecule has 0 spiro atoms. The van der Waals surface area contributed by atoms with Crippen LogP contribution in [0.25, 0.3) is 0 Å². The first-order chi connectivity index (χ1) is 9.20. The number of nitrogens with zero attached hydrogens (tertiary/aromatic N) is 2. The van der Waals surface area contributed by atoms with Gasteiger partial charge in [0.25, 0.3) is 0 Å². The van der Waals surface area contributed by atoms with E-state index in [2.05, 4.69) is 27.8 Å². The van der Waals surface area contributed by atoms with Crippen LogP contribution in [0.15, 0.2) is 22.6 Å². The quantitative estimate of drug-likeness (QED) is 0.798. The minimum absolute atomic E-state index is 0.289. The molecule has 0 radical (unpaired) electrons. The van der Waals surface area contributed by atoms with Gasteiger partial charge in [0, 0.05) is 0 Å². The largest absolute Gasteiger partial charge is 0.406 e. The predicted molar refractivity (Wildman–Crippen MR) is 76.0 cm³/mol. The van der Waals surface area contributed by atoms with Crippen molar-refractivity contribution in [2.45, 2.75) is 19.9 Å². The van der Waals surface area contributed by atoms with Crippen LogP contribution in [0.3, 0.4) is 0 Å². The first kappa shape index (κ1) is 14.1. The van der Waals surface area contributed by atoms with E-state index in [1.54, 1.807) is 18.2 Å². The number of aromatic nitrogens is 2. The maximum atomic E-state index is 6.06. The van der Waals surface area contributed by atoms with Crippen molar-refractivity contribution < 1.29 is 4.42 Å². The van der Waals surface area contributed by atoms with E-state index < -0.39 is 0 Å². The van der Waals surface area contributed by atoms with E-state index in [0.29, 0.717) is 28.2 Å². The summed E-state index contributed by atoms with van der Waals surface area (Å²) in [5, 5.41) is 14.8. The molecule has 0 aliphatic rings. The van der Waals surface area contributed by atoms with Crippen molar-refractivity contribution in [3.05, 3.63) is 34.1 Å². The molecule has 1 heterocycles. The molecule has 2 aromatic rings. The second kappa shape index (κ2) is 6.75. The van der Waals surface area contributed by atoms with E-state index in [9.17, 15) is 0 Å². The molecule has 2 N–H and O–H groups in total. The molecule has 0 bridgehead atoms. The fourth-order valence-electron chi connectivity index (χ4n) is 1.46. The summed E-state index contributed by atoms with van der Waals surface area (Å²) in [5.74, 6) is 0.522. The summed E-state index contributed by atoms with van der Waals surface area (Å²) in [6.45, 7) is 3.55. The van der Waals surface area contributed by atoms with Crippen LogP contribution in [0, 0.1) is 0 Å². The highest BCUT2D eigenvalue weighted by atomic mass is 35.5. The van der Waals surface area contributed by atoms with Crippen LogP contribution >= 0.6 is 23.2 Å². The smallest absolute Gasteiger partial charge is 0.320 e. The lowest BCUT2D eigenvalue weighted by Gasteiger charge is -2.04. The van der Waals surface area contributed by atoms with Crippen molar-refractivity contribution in [3.63, 3.8) is 0 Å². The molecule has 19 heavy (non-hydrogen) atoms. The van der Waals surface area contributed by atoms with Crippen LogP contribution in [-0.2, 0) is 6.54 Å². The van der Waals surface area contributed by atoms with Gasteiger partial charge >= 0.3 is 6.01 Å². The van der Waals surface area contributed by atoms with Gasteiger partial charge in [0.2, 0.25) is 5.89 Å². The molecule has 5 nitrogen and oxygen atoms in total. The molecule has 0 atom stereocenters. The number of hydrogen-bond acceptors (Lipinski definition) is 5. The zero-order valence-corrected chi connectivity index (χ0v) is 11.9. The van der Waals surface area contributed by atoms with Crippen LogP contribution in [0.1, 0.15) is 19.2 Å². The molecule has 102 valence electrons. The lowest BCUT2D eigenvalue weighted by Crippen LogP contribution is -2.13. The molecular weight excluding hydrogens is 287 g/mol. The Morgan fingerprint density at radius 2 is 2.11 bits per heavy atom. The standard InChI is InChI=1S/C12H14Cl2N4O/c1-2-6-15-7-10-17-18-12(19-10)16-9-5-3-4-8(13)11(9)14/h3-5,15H,2,6-7H2,1H3,(H,16,18). The lowest BCUT2D eigenvalue weighted by atomic mass is 10.3. The van der Waals surface area contributed by atoms with Gasteiger partial charge in [-0.3, -0.25) is 0 Å². The van der Waals surface area contributed by atoms with Gasteiger partial charge in [0.05, 0.1) is 22.3 Å². The second-order valence-corrected chi connectivity index (χ2v) is 4.69. The monoisotopic (exact) mass is 300 g/mol. The Balaban J connectivity index is 2.01. The summed E-state index contributed by atoms with van der Waals surface area (Å²) in [7, 11) is 0. The molecule has 2 rings (SSSR count). The van der Waals surface area contributed by atoms with Gasteiger partial charge in [-0.15, -0.1) is 5.10 Å². The molecule has 0 aliphatic heterocycles. The molecule has 0 amide bonds. The van der Waals surface area contributed by atoms with Crippen LogP contribution in [0.2, 0.25) is 10.0 Å². The van der Waals surface area contributed by atoms with Crippen LogP contribution in [0.4, 0.5) is 11.7 Å². The third-order valence-corrected chi connectivity index (χ3v) is 3.18. The Morgan fingerprint density at radius 3 is 2.89 bits per heavy atom. The van der Waals surface area contributed by atoms with Crippen molar-refractivity contribution in [2.24, 2.45) is 0 Å². The number of halogens is 2. The zero-order valence-electron chi connectivity index (χ0n) is 10.4. The summed E-state index contributed by atoms with van der Waals surface area (Å²) < 4.78 is 5.43. The minimum Gasteiger partial charge on any atom is -0.406 e. The Kier molecular flexibility index (Phi) is 5.01. The van der Waals surface area contributed by atoms with Crippen LogP contribution in [0.5, 0.6) is 0 Å². The average molecular weight is 301 g/mol. The number of benzene rings is 1. The topological polar surface area (TPSA) is 63.0 Å². The van der Waals surface area contributed by atoms with E-state index in [1.807, 2.05) is 0 Å². The molecule has 0 fully saturated rings. The van der Waals surface area contributed by atoms with Crippen LogP contribution in [-0.4, -0.2) is 16.7 Å². The van der Waals surface area contributed by atoms with Gasteiger partial charge in [-0.2, -0.15) is 0 Å². The maximum Gasteiger partial charge on any atom is 0.320 e. The van der Waals surface area contributed by atoms with Gasteiger partial charge in [0.1, 0.15) is 0 Å². The molecular formula is C12H14Cl2N4O. The molecule has 0 aliphatic carbocycles. The van der Waals surface area contributed by atoms with Gasteiger partial charge in [-0.1, -0.05) is 41.3 Å². The Labute approximate surface area is 121 Å². The molecule has 0 saturated heterocycles. The summed E-state index contributed by atoms with van der Waals surface area (Å²) in [5.41, 5.74) is 0.630. The Bertz CT molecular complexity index is 544. The zero-order chi connectivity index (χ0) is 13.7. The van der Waals surface area contributed by atoms with E-state index in [-0.39, 0.29) is 6.01 Å². The van der Waals surface area contributed by atoms with Crippen molar-refractivity contribution >= 4 is 34.9 Å². The lowest BCUT2D eigenvalue weighted by molar-refractivity contribution is 0.479. The first-order valence-corrected chi connectivity index (χ1v) is 6.70. The summed E-state index contributed by atoms with van der Waals surface area (Å²) >= 11 is 12.0. The SMILES string of the molecule is CCCNCc1nnc(Nc2cccc(Cl)c2Cl)o1. The fourth-order valence-corrected chi connectivity index (χ4v) is 1.81. The third-order valence-electron chi connectivity index (χ3n) is 2.36. The number of hydrogen-bond donors (Lipinski definition) is 2.